The van der Waals surface area contributed by atoms with Crippen molar-refractivity contribution in [2.45, 2.75) is 0 Å². The number of amides is 1. The van der Waals surface area contributed by atoms with Crippen molar-refractivity contribution in [3.8, 4) is 5.75 Å². The largest absolute Gasteiger partial charge is 0.497 e. The lowest BCUT2D eigenvalue weighted by Crippen LogP contribution is -2.30. The van der Waals surface area contributed by atoms with Crippen LogP contribution in [0.3, 0.4) is 0 Å². The Morgan fingerprint density at radius 2 is 1.86 bits per heavy atom. The molecule has 0 fully saturated rings. The predicted octanol–water partition coefficient (Wildman–Crippen LogP) is 4.07. The number of rotatable bonds is 8. The van der Waals surface area contributed by atoms with Gasteiger partial charge in [0, 0.05) is 11.6 Å². The average Bonchev–Trinajstić information content (AvgIpc) is 3.23. The van der Waals surface area contributed by atoms with Crippen molar-refractivity contribution in [1.29, 1.82) is 0 Å². The van der Waals surface area contributed by atoms with E-state index in [1.165, 1.54) is 30.6 Å². The molecule has 16 heteroatoms. The summed E-state index contributed by atoms with van der Waals surface area (Å²) >= 11 is 6.98. The van der Waals surface area contributed by atoms with Crippen molar-refractivity contribution in [3.05, 3.63) is 73.5 Å². The summed E-state index contributed by atoms with van der Waals surface area (Å²) in [5.41, 5.74) is 4.09. The minimum Gasteiger partial charge on any atom is -0.497 e. The number of hydrogen-bond donors (Lipinski definition) is 3. The molecule has 0 atom stereocenters. The van der Waals surface area contributed by atoms with E-state index in [4.69, 9.17) is 16.3 Å². The van der Waals surface area contributed by atoms with Crippen LogP contribution < -0.4 is 20.9 Å². The first kappa shape index (κ1) is 23.5. The number of aromatic nitrogens is 3. The summed E-state index contributed by atoms with van der Waals surface area (Å²) in [6, 6.07) is 8.68. The number of nitrogens with zero attached hydrogens (tertiary/aromatic N) is 5. The van der Waals surface area contributed by atoms with Crippen LogP contribution in [0, 0.1) is 20.2 Å². The van der Waals surface area contributed by atoms with Crippen LogP contribution in [-0.2, 0) is 0 Å². The molecular formula is C19H13ClN8O6S. The number of nitro benzene ring substituents is 1. The number of hydrogen-bond acceptors (Lipinski definition) is 12. The molecule has 0 aliphatic carbocycles. The van der Waals surface area contributed by atoms with E-state index in [-0.39, 0.29) is 22.2 Å². The van der Waals surface area contributed by atoms with Crippen LogP contribution in [0.5, 0.6) is 5.75 Å². The third kappa shape index (κ3) is 4.99. The fourth-order valence-corrected chi connectivity index (χ4v) is 3.98. The summed E-state index contributed by atoms with van der Waals surface area (Å²) in [7, 11) is 1.53. The number of anilines is 3. The van der Waals surface area contributed by atoms with E-state index in [9.17, 15) is 25.0 Å². The van der Waals surface area contributed by atoms with Gasteiger partial charge in [-0.1, -0.05) is 22.9 Å². The summed E-state index contributed by atoms with van der Waals surface area (Å²) in [5.74, 6) is -0.678. The molecule has 0 unspecified atom stereocenters. The zero-order chi connectivity index (χ0) is 25.1. The van der Waals surface area contributed by atoms with Gasteiger partial charge in [-0.25, -0.2) is 15.0 Å². The maximum atomic E-state index is 12.4. The Bertz CT molecular complexity index is 1480. The third-order valence-electron chi connectivity index (χ3n) is 4.53. The van der Waals surface area contributed by atoms with Gasteiger partial charge in [0.2, 0.25) is 11.6 Å². The molecule has 0 aliphatic rings. The number of hydrazine groups is 1. The number of nitrogens with one attached hydrogen (secondary N) is 3. The topological polar surface area (TPSA) is 187 Å². The zero-order valence-corrected chi connectivity index (χ0v) is 19.1. The second-order valence-electron chi connectivity index (χ2n) is 6.66. The van der Waals surface area contributed by atoms with Crippen LogP contribution in [0.1, 0.15) is 10.4 Å². The Hall–Kier alpha value is -4.63. The van der Waals surface area contributed by atoms with Crippen LogP contribution >= 0.6 is 22.9 Å². The standard InChI is InChI=1S/C19H13ClN8O6S/c1-34-10-3-5-12-14(7-10)35-19(23-12)24-16-15(28(32)33)17(22-8-21-16)25-26-18(29)9-2-4-11(20)13(6-9)27(30)31/h2-8H,1H3,(H,26,29)(H2,21,22,23,24,25). The molecule has 0 saturated carbocycles. The number of thiazole rings is 1. The lowest BCUT2D eigenvalue weighted by molar-refractivity contribution is -0.384. The SMILES string of the molecule is COc1ccc2nc(Nc3ncnc(NNC(=O)c4ccc(Cl)c([N+](=O)[O-])c4)c3[N+](=O)[O-])sc2c1. The molecule has 14 nitrogen and oxygen atoms in total. The highest BCUT2D eigenvalue weighted by Crippen LogP contribution is 2.35. The quantitative estimate of drug-likeness (QED) is 0.226. The maximum Gasteiger partial charge on any atom is 0.355 e. The Morgan fingerprint density at radius 1 is 1.09 bits per heavy atom. The summed E-state index contributed by atoms with van der Waals surface area (Å²) in [6.07, 6.45) is 1.05. The molecule has 0 aliphatic heterocycles. The van der Waals surface area contributed by atoms with Crippen molar-refractivity contribution >= 4 is 67.2 Å². The number of ether oxygens (including phenoxy) is 1. The van der Waals surface area contributed by atoms with Crippen LogP contribution in [-0.4, -0.2) is 37.8 Å². The summed E-state index contributed by atoms with van der Waals surface area (Å²) < 4.78 is 5.97. The Morgan fingerprint density at radius 3 is 2.57 bits per heavy atom. The highest BCUT2D eigenvalue weighted by atomic mass is 35.5. The lowest BCUT2D eigenvalue weighted by atomic mass is 10.2. The number of methoxy groups -OCH3 is 1. The van der Waals surface area contributed by atoms with E-state index in [0.29, 0.717) is 16.4 Å². The number of fused-ring (bicyclic) bond motifs is 1. The smallest absolute Gasteiger partial charge is 0.355 e. The second-order valence-corrected chi connectivity index (χ2v) is 8.09. The Balaban J connectivity index is 1.57. The molecule has 35 heavy (non-hydrogen) atoms. The van der Waals surface area contributed by atoms with Gasteiger partial charge in [0.15, 0.2) is 5.13 Å². The van der Waals surface area contributed by atoms with Crippen LogP contribution in [0.15, 0.2) is 42.7 Å². The highest BCUT2D eigenvalue weighted by molar-refractivity contribution is 7.22. The first-order valence-corrected chi connectivity index (χ1v) is 10.7. The van der Waals surface area contributed by atoms with Crippen molar-refractivity contribution in [2.75, 3.05) is 17.9 Å². The number of carbonyl (C=O) groups excluding carboxylic acids is 1. The van der Waals surface area contributed by atoms with Gasteiger partial charge >= 0.3 is 5.69 Å². The second kappa shape index (κ2) is 9.70. The van der Waals surface area contributed by atoms with E-state index < -0.39 is 27.1 Å². The summed E-state index contributed by atoms with van der Waals surface area (Å²) in [4.78, 5) is 45.9. The van der Waals surface area contributed by atoms with Gasteiger partial charge in [0.1, 0.15) is 17.1 Å². The van der Waals surface area contributed by atoms with Crippen molar-refractivity contribution in [1.82, 2.24) is 20.4 Å². The van der Waals surface area contributed by atoms with Crippen molar-refractivity contribution < 1.29 is 19.4 Å². The Labute approximate surface area is 204 Å². The van der Waals surface area contributed by atoms with Gasteiger partial charge in [-0.2, -0.15) is 0 Å². The first-order chi connectivity index (χ1) is 16.8. The van der Waals surface area contributed by atoms with E-state index in [1.54, 1.807) is 18.2 Å². The molecular weight excluding hydrogens is 504 g/mol. The first-order valence-electron chi connectivity index (χ1n) is 9.48. The van der Waals surface area contributed by atoms with E-state index in [2.05, 4.69) is 31.1 Å². The molecule has 1 amide bonds. The monoisotopic (exact) mass is 516 g/mol. The zero-order valence-electron chi connectivity index (χ0n) is 17.5. The molecule has 178 valence electrons. The van der Waals surface area contributed by atoms with Gasteiger partial charge in [-0.3, -0.25) is 35.9 Å². The molecule has 4 aromatic rings. The predicted molar refractivity (Wildman–Crippen MR) is 127 cm³/mol. The maximum absolute atomic E-state index is 12.4. The lowest BCUT2D eigenvalue weighted by Gasteiger charge is -2.10. The van der Waals surface area contributed by atoms with Gasteiger partial charge in [-0.05, 0) is 30.3 Å². The molecule has 4 rings (SSSR count). The van der Waals surface area contributed by atoms with Gasteiger partial charge in [0.05, 0.1) is 27.2 Å². The van der Waals surface area contributed by atoms with Gasteiger partial charge < -0.3 is 10.1 Å². The molecule has 2 aromatic heterocycles. The average molecular weight is 517 g/mol. The van der Waals surface area contributed by atoms with Crippen molar-refractivity contribution in [2.24, 2.45) is 0 Å². The van der Waals surface area contributed by atoms with E-state index >= 15 is 0 Å². The normalized spacial score (nSPS) is 10.6. The molecule has 2 aromatic carbocycles. The number of halogens is 1. The summed E-state index contributed by atoms with van der Waals surface area (Å²) in [6.45, 7) is 0. The Kier molecular flexibility index (Phi) is 6.52. The summed E-state index contributed by atoms with van der Waals surface area (Å²) in [5, 5.41) is 25.8. The van der Waals surface area contributed by atoms with Crippen LogP contribution in [0.2, 0.25) is 5.02 Å². The van der Waals surface area contributed by atoms with Crippen molar-refractivity contribution in [3.63, 3.8) is 0 Å². The van der Waals surface area contributed by atoms with E-state index in [1.807, 2.05) is 0 Å². The molecule has 0 spiro atoms. The number of carbonyl (C=O) groups is 1. The minimum atomic E-state index is -0.813. The van der Waals surface area contributed by atoms with Crippen LogP contribution in [0.4, 0.5) is 28.1 Å². The number of benzene rings is 2. The fourth-order valence-electron chi connectivity index (χ4n) is 2.90. The van der Waals surface area contributed by atoms with Gasteiger partial charge in [-0.15, -0.1) is 0 Å². The fraction of sp³-hybridized carbons (Fsp3) is 0.0526. The third-order valence-corrected chi connectivity index (χ3v) is 5.78. The highest BCUT2D eigenvalue weighted by Gasteiger charge is 2.25. The molecule has 0 saturated heterocycles. The van der Waals surface area contributed by atoms with Gasteiger partial charge in [0.25, 0.3) is 11.6 Å². The van der Waals surface area contributed by atoms with Crippen LogP contribution in [0.25, 0.3) is 10.2 Å². The minimum absolute atomic E-state index is 0.103. The molecule has 3 N–H and O–H groups in total. The molecule has 0 bridgehead atoms. The number of nitro groups is 2. The molecule has 0 radical (unpaired) electrons. The van der Waals surface area contributed by atoms with E-state index in [0.717, 1.165) is 17.1 Å². The molecule has 2 heterocycles.